The zero-order valence-electron chi connectivity index (χ0n) is 40.5. The molecule has 64 heavy (non-hydrogen) atoms. The van der Waals surface area contributed by atoms with Crippen molar-refractivity contribution in [3.8, 4) is 0 Å². The molecule has 0 aromatic rings. The fraction of sp³-hybridized carbons (Fsp3) is 0.727. The van der Waals surface area contributed by atoms with Crippen LogP contribution in [0.4, 0.5) is 0 Å². The van der Waals surface area contributed by atoms with Gasteiger partial charge in [0.15, 0.2) is 6.29 Å². The number of amides is 1. The second-order valence-corrected chi connectivity index (χ2v) is 17.6. The van der Waals surface area contributed by atoms with Gasteiger partial charge in [0.1, 0.15) is 24.4 Å². The standard InChI is InChI=1S/C55H95NO8/c1-3-5-7-9-11-13-15-16-17-18-19-20-21-22-23-24-25-26-27-28-29-30-31-32-33-34-35-37-39-41-43-45-51(59)56-48(47-63-55-54(62)53(61)52(60)50(46-57)64-55)49(58)44-42-40-38-36-14-12-10-8-6-4-2/h5,7,11,13-14,16-17,19-20,22-23,36,42,44,48-50,52-55,57-58,60-62H,3-4,6,8-10,12,15,18,21,24-35,37-41,43,45-47H2,1-2H3,(H,56,59)/b7-5-,13-11-,17-16-,20-19-,23-22-,36-14+,44-42+. The van der Waals surface area contributed by atoms with Crippen molar-refractivity contribution in [2.75, 3.05) is 13.2 Å². The van der Waals surface area contributed by atoms with Gasteiger partial charge in [0.25, 0.3) is 0 Å². The highest BCUT2D eigenvalue weighted by Crippen LogP contribution is 2.22. The summed E-state index contributed by atoms with van der Waals surface area (Å²) in [5.41, 5.74) is 0. The lowest BCUT2D eigenvalue weighted by Gasteiger charge is -2.40. The molecular formula is C55H95NO8. The molecule has 1 aliphatic rings. The molecule has 7 atom stereocenters. The quantitative estimate of drug-likeness (QED) is 0.0262. The Kier molecular flexibility index (Phi) is 41.0. The average Bonchev–Trinajstić information content (AvgIpc) is 3.29. The molecular weight excluding hydrogens is 803 g/mol. The first-order valence-electron chi connectivity index (χ1n) is 25.8. The van der Waals surface area contributed by atoms with E-state index in [9.17, 15) is 30.3 Å². The summed E-state index contributed by atoms with van der Waals surface area (Å²) in [6.45, 7) is 3.59. The molecule has 1 aliphatic heterocycles. The molecule has 0 bridgehead atoms. The van der Waals surface area contributed by atoms with Crippen molar-refractivity contribution in [2.24, 2.45) is 0 Å². The van der Waals surface area contributed by atoms with E-state index in [1.54, 1.807) is 6.08 Å². The molecule has 0 aromatic carbocycles. The lowest BCUT2D eigenvalue weighted by atomic mass is 9.99. The Balaban J connectivity index is 2.15. The fourth-order valence-corrected chi connectivity index (χ4v) is 7.61. The SMILES string of the molecule is CC/C=C\C/C=C\C/C=C\C/C=C\C/C=C\CCCCCCCCCCCCCCCCCC(=O)NC(COC1OC(CO)C(O)C(O)C1O)C(O)/C=C/CC/C=C/CCCCCC. The first-order chi connectivity index (χ1) is 31.3. The van der Waals surface area contributed by atoms with Crippen LogP contribution in [0.2, 0.25) is 0 Å². The van der Waals surface area contributed by atoms with Gasteiger partial charge in [0, 0.05) is 6.42 Å². The number of nitrogens with one attached hydrogen (secondary N) is 1. The molecule has 1 amide bonds. The molecule has 0 spiro atoms. The Morgan fingerprint density at radius 3 is 1.50 bits per heavy atom. The zero-order chi connectivity index (χ0) is 46.6. The van der Waals surface area contributed by atoms with E-state index in [1.807, 2.05) is 6.08 Å². The minimum atomic E-state index is -1.57. The van der Waals surface area contributed by atoms with Crippen LogP contribution in [0.1, 0.15) is 200 Å². The van der Waals surface area contributed by atoms with Gasteiger partial charge in [-0.05, 0) is 77.0 Å². The van der Waals surface area contributed by atoms with Crippen molar-refractivity contribution < 1.29 is 39.8 Å². The zero-order valence-corrected chi connectivity index (χ0v) is 40.5. The lowest BCUT2D eigenvalue weighted by molar-refractivity contribution is -0.302. The van der Waals surface area contributed by atoms with E-state index >= 15 is 0 Å². The molecule has 1 fully saturated rings. The number of rotatable bonds is 42. The van der Waals surface area contributed by atoms with Crippen molar-refractivity contribution in [2.45, 2.75) is 243 Å². The van der Waals surface area contributed by atoms with E-state index in [1.165, 1.54) is 109 Å². The first kappa shape index (κ1) is 59.4. The van der Waals surface area contributed by atoms with Crippen LogP contribution in [0.5, 0.6) is 0 Å². The van der Waals surface area contributed by atoms with Crippen molar-refractivity contribution in [3.05, 3.63) is 85.1 Å². The van der Waals surface area contributed by atoms with Crippen LogP contribution in [0, 0.1) is 0 Å². The molecule has 368 valence electrons. The maximum Gasteiger partial charge on any atom is 0.220 e. The van der Waals surface area contributed by atoms with E-state index in [2.05, 4.69) is 92.1 Å². The average molecular weight is 898 g/mol. The minimum Gasteiger partial charge on any atom is -0.394 e. The Morgan fingerprint density at radius 1 is 0.547 bits per heavy atom. The summed E-state index contributed by atoms with van der Waals surface area (Å²) < 4.78 is 11.2. The maximum absolute atomic E-state index is 13.0. The molecule has 0 radical (unpaired) electrons. The molecule has 0 aromatic heterocycles. The van der Waals surface area contributed by atoms with Gasteiger partial charge in [0.05, 0.1) is 25.4 Å². The number of hydrogen-bond acceptors (Lipinski definition) is 8. The monoisotopic (exact) mass is 898 g/mol. The van der Waals surface area contributed by atoms with Crippen LogP contribution in [-0.4, -0.2) is 87.5 Å². The molecule has 7 unspecified atom stereocenters. The van der Waals surface area contributed by atoms with Crippen LogP contribution < -0.4 is 5.32 Å². The van der Waals surface area contributed by atoms with Crippen molar-refractivity contribution in [3.63, 3.8) is 0 Å². The fourth-order valence-electron chi connectivity index (χ4n) is 7.61. The summed E-state index contributed by atoms with van der Waals surface area (Å²) in [5.74, 6) is -0.192. The van der Waals surface area contributed by atoms with E-state index in [-0.39, 0.29) is 12.5 Å². The normalized spacial score (nSPS) is 20.8. The van der Waals surface area contributed by atoms with Crippen molar-refractivity contribution in [1.29, 1.82) is 0 Å². The number of allylic oxidation sites excluding steroid dienone is 13. The van der Waals surface area contributed by atoms with E-state index < -0.39 is 49.5 Å². The Labute approximate surface area is 391 Å². The molecule has 1 heterocycles. The highest BCUT2D eigenvalue weighted by molar-refractivity contribution is 5.76. The van der Waals surface area contributed by atoms with Gasteiger partial charge < -0.3 is 40.3 Å². The summed E-state index contributed by atoms with van der Waals surface area (Å²) >= 11 is 0. The number of aliphatic hydroxyl groups is 5. The maximum atomic E-state index is 13.0. The Bertz CT molecular complexity index is 1270. The van der Waals surface area contributed by atoms with Gasteiger partial charge >= 0.3 is 0 Å². The third-order valence-corrected chi connectivity index (χ3v) is 11.7. The molecule has 6 N–H and O–H groups in total. The smallest absolute Gasteiger partial charge is 0.220 e. The summed E-state index contributed by atoms with van der Waals surface area (Å²) in [6, 6.07) is -0.823. The van der Waals surface area contributed by atoms with Gasteiger partial charge in [-0.2, -0.15) is 0 Å². The highest BCUT2D eigenvalue weighted by atomic mass is 16.7. The summed E-state index contributed by atoms with van der Waals surface area (Å²) in [4.78, 5) is 13.0. The lowest BCUT2D eigenvalue weighted by Crippen LogP contribution is -2.60. The van der Waals surface area contributed by atoms with Crippen LogP contribution >= 0.6 is 0 Å². The van der Waals surface area contributed by atoms with E-state index in [4.69, 9.17) is 9.47 Å². The first-order valence-corrected chi connectivity index (χ1v) is 25.8. The van der Waals surface area contributed by atoms with Gasteiger partial charge in [-0.15, -0.1) is 0 Å². The number of hydrogen-bond donors (Lipinski definition) is 6. The van der Waals surface area contributed by atoms with E-state index in [0.29, 0.717) is 6.42 Å². The van der Waals surface area contributed by atoms with Crippen molar-refractivity contribution >= 4 is 5.91 Å². The largest absolute Gasteiger partial charge is 0.394 e. The second kappa shape index (κ2) is 44.2. The molecule has 9 nitrogen and oxygen atoms in total. The van der Waals surface area contributed by atoms with Gasteiger partial charge in [-0.1, -0.05) is 202 Å². The topological polar surface area (TPSA) is 149 Å². The predicted molar refractivity (Wildman–Crippen MR) is 267 cm³/mol. The Hall–Kier alpha value is -2.63. The van der Waals surface area contributed by atoms with Crippen molar-refractivity contribution in [1.82, 2.24) is 5.32 Å². The molecule has 1 saturated heterocycles. The highest BCUT2D eigenvalue weighted by Gasteiger charge is 2.44. The molecule has 9 heteroatoms. The number of ether oxygens (including phenoxy) is 2. The molecule has 0 aliphatic carbocycles. The third kappa shape index (κ3) is 33.8. The molecule has 1 rings (SSSR count). The van der Waals surface area contributed by atoms with Gasteiger partial charge in [0.2, 0.25) is 5.91 Å². The number of unbranched alkanes of at least 4 members (excludes halogenated alkanes) is 20. The third-order valence-electron chi connectivity index (χ3n) is 11.7. The summed E-state index contributed by atoms with van der Waals surface area (Å²) in [5, 5.41) is 54.1. The van der Waals surface area contributed by atoms with Crippen LogP contribution in [0.3, 0.4) is 0 Å². The summed E-state index contributed by atoms with van der Waals surface area (Å²) in [7, 11) is 0. The minimum absolute atomic E-state index is 0.192. The van der Waals surface area contributed by atoms with Crippen LogP contribution in [0.15, 0.2) is 85.1 Å². The van der Waals surface area contributed by atoms with Crippen LogP contribution in [-0.2, 0) is 14.3 Å². The predicted octanol–water partition coefficient (Wildman–Crippen LogP) is 11.9. The van der Waals surface area contributed by atoms with Crippen LogP contribution in [0.25, 0.3) is 0 Å². The number of carbonyl (C=O) groups is 1. The second-order valence-electron chi connectivity index (χ2n) is 17.6. The van der Waals surface area contributed by atoms with Gasteiger partial charge in [-0.25, -0.2) is 0 Å². The summed E-state index contributed by atoms with van der Waals surface area (Å²) in [6.07, 6.45) is 55.1. The molecule has 0 saturated carbocycles. The van der Waals surface area contributed by atoms with E-state index in [0.717, 1.165) is 70.6 Å². The van der Waals surface area contributed by atoms with Gasteiger partial charge in [-0.3, -0.25) is 4.79 Å². The Morgan fingerprint density at radius 2 is 0.984 bits per heavy atom. The number of carbonyl (C=O) groups excluding carboxylic acids is 1. The number of aliphatic hydroxyl groups excluding tert-OH is 5.